The number of halogens is 1. The van der Waals surface area contributed by atoms with E-state index in [1.54, 1.807) is 14.0 Å². The highest BCUT2D eigenvalue weighted by Gasteiger charge is 2.27. The van der Waals surface area contributed by atoms with Gasteiger partial charge in [-0.2, -0.15) is 9.40 Å². The van der Waals surface area contributed by atoms with E-state index in [0.717, 1.165) is 6.42 Å². The maximum Gasteiger partial charge on any atom is 0.262 e. The van der Waals surface area contributed by atoms with Gasteiger partial charge in [0, 0.05) is 24.8 Å². The van der Waals surface area contributed by atoms with Crippen molar-refractivity contribution in [2.24, 2.45) is 0 Å². The largest absolute Gasteiger partial charge is 0.281 e. The van der Waals surface area contributed by atoms with Crippen molar-refractivity contribution in [3.05, 3.63) is 11.3 Å². The molecule has 0 spiro atoms. The van der Waals surface area contributed by atoms with Crippen molar-refractivity contribution >= 4 is 21.6 Å². The topological polar surface area (TPSA) is 66.1 Å². The second-order valence-electron chi connectivity index (χ2n) is 3.59. The summed E-state index contributed by atoms with van der Waals surface area (Å²) in [6, 6.07) is 0. The van der Waals surface area contributed by atoms with Gasteiger partial charge in [-0.1, -0.05) is 6.92 Å². The van der Waals surface area contributed by atoms with Crippen LogP contribution in [-0.4, -0.2) is 36.5 Å². The Kier molecular flexibility index (Phi) is 4.35. The van der Waals surface area contributed by atoms with E-state index in [-0.39, 0.29) is 10.9 Å². The Labute approximate surface area is 101 Å². The van der Waals surface area contributed by atoms with Crippen LogP contribution in [0.4, 0.5) is 0 Å². The first-order chi connectivity index (χ1) is 7.45. The second kappa shape index (κ2) is 5.16. The predicted molar refractivity (Wildman–Crippen MR) is 63.0 cm³/mol. The van der Waals surface area contributed by atoms with Gasteiger partial charge in [0.25, 0.3) is 10.0 Å². The van der Waals surface area contributed by atoms with Crippen LogP contribution in [0.25, 0.3) is 0 Å². The Balaban J connectivity index is 3.17. The van der Waals surface area contributed by atoms with Crippen molar-refractivity contribution < 1.29 is 8.42 Å². The van der Waals surface area contributed by atoms with Gasteiger partial charge in [-0.15, -0.1) is 11.6 Å². The fourth-order valence-electron chi connectivity index (χ4n) is 1.38. The van der Waals surface area contributed by atoms with E-state index >= 15 is 0 Å². The smallest absolute Gasteiger partial charge is 0.262 e. The van der Waals surface area contributed by atoms with E-state index in [0.29, 0.717) is 17.8 Å². The quantitative estimate of drug-likeness (QED) is 0.821. The van der Waals surface area contributed by atoms with Crippen LogP contribution in [0.1, 0.15) is 24.6 Å². The number of H-pyrrole nitrogens is 1. The van der Waals surface area contributed by atoms with Crippen molar-refractivity contribution in [1.29, 1.82) is 0 Å². The van der Waals surface area contributed by atoms with Gasteiger partial charge in [-0.3, -0.25) is 5.10 Å². The van der Waals surface area contributed by atoms with E-state index in [1.165, 1.54) is 4.31 Å². The van der Waals surface area contributed by atoms with Crippen LogP contribution in [0, 0.1) is 6.92 Å². The lowest BCUT2D eigenvalue weighted by Gasteiger charge is -2.14. The van der Waals surface area contributed by atoms with Crippen molar-refractivity contribution in [3.63, 3.8) is 0 Å². The average molecular weight is 266 g/mol. The minimum absolute atomic E-state index is 0.0379. The molecule has 1 aromatic rings. The van der Waals surface area contributed by atoms with Gasteiger partial charge in [0.1, 0.15) is 0 Å². The third-order valence-corrected chi connectivity index (χ3v) is 4.46. The minimum Gasteiger partial charge on any atom is -0.281 e. The molecule has 0 aliphatic carbocycles. The zero-order valence-electron chi connectivity index (χ0n) is 9.62. The molecule has 0 fully saturated rings. The molecule has 1 heterocycles. The maximum absolute atomic E-state index is 12.1. The SMILES string of the molecule is CCCN(C)S(=O)(=O)c1n[nH]c(C)c1CCl. The fourth-order valence-corrected chi connectivity index (χ4v) is 3.21. The van der Waals surface area contributed by atoms with Gasteiger partial charge in [0.05, 0.1) is 5.88 Å². The fraction of sp³-hybridized carbons (Fsp3) is 0.667. The van der Waals surface area contributed by atoms with Crippen LogP contribution in [0.15, 0.2) is 5.03 Å². The van der Waals surface area contributed by atoms with Gasteiger partial charge in [0.2, 0.25) is 0 Å². The summed E-state index contributed by atoms with van der Waals surface area (Å²) in [7, 11) is -1.97. The summed E-state index contributed by atoms with van der Waals surface area (Å²) in [5.41, 5.74) is 1.24. The third kappa shape index (κ3) is 2.39. The van der Waals surface area contributed by atoms with Gasteiger partial charge in [-0.25, -0.2) is 8.42 Å². The third-order valence-electron chi connectivity index (χ3n) is 2.36. The van der Waals surface area contributed by atoms with Gasteiger partial charge >= 0.3 is 0 Å². The summed E-state index contributed by atoms with van der Waals surface area (Å²) in [5, 5.41) is 6.51. The monoisotopic (exact) mass is 265 g/mol. The number of aryl methyl sites for hydroxylation is 1. The number of nitrogens with one attached hydrogen (secondary N) is 1. The summed E-state index contributed by atoms with van der Waals surface area (Å²) < 4.78 is 25.5. The van der Waals surface area contributed by atoms with Crippen molar-refractivity contribution in [3.8, 4) is 0 Å². The highest BCUT2D eigenvalue weighted by Crippen LogP contribution is 2.21. The molecule has 1 aromatic heterocycles. The second-order valence-corrected chi connectivity index (χ2v) is 5.82. The summed E-state index contributed by atoms with van der Waals surface area (Å²) in [4.78, 5) is 0. The molecule has 0 radical (unpaired) electrons. The summed E-state index contributed by atoms with van der Waals surface area (Å²) >= 11 is 5.72. The first-order valence-electron chi connectivity index (χ1n) is 5.01. The van der Waals surface area contributed by atoms with E-state index in [9.17, 15) is 8.42 Å². The van der Waals surface area contributed by atoms with Crippen molar-refractivity contribution in [2.75, 3.05) is 13.6 Å². The number of hydrogen-bond donors (Lipinski definition) is 1. The lowest BCUT2D eigenvalue weighted by atomic mass is 10.3. The molecule has 0 aliphatic heterocycles. The van der Waals surface area contributed by atoms with Crippen molar-refractivity contribution in [1.82, 2.24) is 14.5 Å². The van der Waals surface area contributed by atoms with E-state index < -0.39 is 10.0 Å². The molecule has 92 valence electrons. The highest BCUT2D eigenvalue weighted by molar-refractivity contribution is 7.89. The number of aromatic amines is 1. The zero-order valence-corrected chi connectivity index (χ0v) is 11.2. The molecule has 0 bridgehead atoms. The molecule has 0 atom stereocenters. The van der Waals surface area contributed by atoms with Crippen LogP contribution < -0.4 is 0 Å². The summed E-state index contributed by atoms with van der Waals surface area (Å²) in [6.07, 6.45) is 0.759. The minimum atomic E-state index is -3.52. The van der Waals surface area contributed by atoms with Crippen LogP contribution in [0.2, 0.25) is 0 Å². The molecule has 0 saturated carbocycles. The first kappa shape index (κ1) is 13.5. The van der Waals surface area contributed by atoms with Crippen molar-refractivity contribution in [2.45, 2.75) is 31.2 Å². The Hall–Kier alpha value is -0.590. The van der Waals surface area contributed by atoms with E-state index in [4.69, 9.17) is 11.6 Å². The van der Waals surface area contributed by atoms with Crippen LogP contribution in [0.3, 0.4) is 0 Å². The number of nitrogens with zero attached hydrogens (tertiary/aromatic N) is 2. The van der Waals surface area contributed by atoms with E-state index in [1.807, 2.05) is 6.92 Å². The molecule has 0 aliphatic rings. The predicted octanol–water partition coefficient (Wildman–Crippen LogP) is 1.49. The molecule has 0 unspecified atom stereocenters. The van der Waals surface area contributed by atoms with Crippen LogP contribution in [-0.2, 0) is 15.9 Å². The zero-order chi connectivity index (χ0) is 12.3. The Bertz CT molecular complexity index is 455. The Morgan fingerprint density at radius 2 is 2.12 bits per heavy atom. The lowest BCUT2D eigenvalue weighted by Crippen LogP contribution is -2.28. The highest BCUT2D eigenvalue weighted by atomic mass is 35.5. The summed E-state index contributed by atoms with van der Waals surface area (Å²) in [6.45, 7) is 4.14. The Morgan fingerprint density at radius 3 is 2.62 bits per heavy atom. The molecule has 16 heavy (non-hydrogen) atoms. The van der Waals surface area contributed by atoms with Crippen LogP contribution >= 0.6 is 11.6 Å². The summed E-state index contributed by atoms with van der Waals surface area (Å²) in [5.74, 6) is 0.136. The van der Waals surface area contributed by atoms with Crippen LogP contribution in [0.5, 0.6) is 0 Å². The molecule has 7 heteroatoms. The Morgan fingerprint density at radius 1 is 1.50 bits per heavy atom. The molecular formula is C9H16ClN3O2S. The van der Waals surface area contributed by atoms with Gasteiger partial charge in [-0.05, 0) is 13.3 Å². The standard InChI is InChI=1S/C9H16ClN3O2S/c1-4-5-13(3)16(14,15)9-8(6-10)7(2)11-12-9/h4-6H2,1-3H3,(H,11,12). The number of rotatable bonds is 5. The molecule has 0 aromatic carbocycles. The normalized spacial score (nSPS) is 12.3. The maximum atomic E-state index is 12.1. The average Bonchev–Trinajstić information content (AvgIpc) is 2.60. The molecule has 1 rings (SSSR count). The number of hydrogen-bond acceptors (Lipinski definition) is 3. The number of sulfonamides is 1. The lowest BCUT2D eigenvalue weighted by molar-refractivity contribution is 0.465. The molecule has 5 nitrogen and oxygen atoms in total. The number of alkyl halides is 1. The van der Waals surface area contributed by atoms with Gasteiger partial charge in [0.15, 0.2) is 5.03 Å². The molecule has 0 saturated heterocycles. The number of aromatic nitrogens is 2. The molecule has 0 amide bonds. The first-order valence-corrected chi connectivity index (χ1v) is 6.98. The van der Waals surface area contributed by atoms with E-state index in [2.05, 4.69) is 10.2 Å². The molecule has 1 N–H and O–H groups in total. The van der Waals surface area contributed by atoms with Gasteiger partial charge < -0.3 is 0 Å². The molecular weight excluding hydrogens is 250 g/mol.